The molecule has 2 aromatic heterocycles. The number of aryl methyl sites for hydroxylation is 1. The summed E-state index contributed by atoms with van der Waals surface area (Å²) in [5.74, 6) is -0.0505. The molecule has 1 aliphatic heterocycles. The van der Waals surface area contributed by atoms with Gasteiger partial charge in [-0.25, -0.2) is 0 Å². The lowest BCUT2D eigenvalue weighted by Gasteiger charge is -2.28. The van der Waals surface area contributed by atoms with Crippen molar-refractivity contribution in [1.29, 1.82) is 0 Å². The summed E-state index contributed by atoms with van der Waals surface area (Å²) in [4.78, 5) is 20.2. The van der Waals surface area contributed by atoms with Crippen LogP contribution in [0.5, 0.6) is 0 Å². The molecule has 0 aliphatic carbocycles. The number of amides is 1. The van der Waals surface area contributed by atoms with Gasteiger partial charge in [0.05, 0.1) is 23.5 Å². The van der Waals surface area contributed by atoms with Crippen LogP contribution in [0.25, 0.3) is 27.2 Å². The van der Waals surface area contributed by atoms with E-state index in [1.165, 1.54) is 10.8 Å². The number of anilines is 1. The van der Waals surface area contributed by atoms with Crippen LogP contribution in [0.3, 0.4) is 0 Å². The van der Waals surface area contributed by atoms with Crippen LogP contribution >= 0.6 is 12.2 Å². The number of thiocarbonyl (C=S) groups is 1. The largest absolute Gasteiger partial charge is 0.352 e. The summed E-state index contributed by atoms with van der Waals surface area (Å²) >= 11 is 5.93. The van der Waals surface area contributed by atoms with Crippen LogP contribution < -0.4 is 10.6 Å². The molecular weight excluding hydrogens is 563 g/mol. The molecule has 3 heterocycles. The minimum atomic E-state index is -0.161. The molecule has 0 bridgehead atoms. The van der Waals surface area contributed by atoms with Crippen LogP contribution in [0.4, 0.5) is 5.69 Å². The van der Waals surface area contributed by atoms with E-state index in [4.69, 9.17) is 17.2 Å². The predicted molar refractivity (Wildman–Crippen MR) is 182 cm³/mol. The van der Waals surface area contributed by atoms with Gasteiger partial charge in [0.2, 0.25) is 5.91 Å². The second-order valence-corrected chi connectivity index (χ2v) is 11.7. The number of hydrogen-bond acceptors (Lipinski definition) is 3. The van der Waals surface area contributed by atoms with Gasteiger partial charge in [0.25, 0.3) is 0 Å². The van der Waals surface area contributed by atoms with Crippen LogP contribution in [0.15, 0.2) is 115 Å². The first-order chi connectivity index (χ1) is 21.5. The molecule has 4 aromatic carbocycles. The monoisotopic (exact) mass is 595 g/mol. The lowest BCUT2D eigenvalue weighted by molar-refractivity contribution is -0.116. The Morgan fingerprint density at radius 3 is 2.32 bits per heavy atom. The van der Waals surface area contributed by atoms with Crippen LogP contribution in [0, 0.1) is 13.8 Å². The van der Waals surface area contributed by atoms with Gasteiger partial charge in [-0.3, -0.25) is 9.78 Å². The lowest BCUT2D eigenvalue weighted by atomic mass is 9.96. The molecule has 218 valence electrons. The fourth-order valence-electron chi connectivity index (χ4n) is 6.61. The number of carbonyl (C=O) groups excluding carboxylic acids is 1. The number of carbonyl (C=O) groups is 1. The van der Waals surface area contributed by atoms with Crippen molar-refractivity contribution in [3.63, 3.8) is 0 Å². The number of hydrogen-bond donors (Lipinski definition) is 2. The average Bonchev–Trinajstić information content (AvgIpc) is 3.54. The maximum absolute atomic E-state index is 13.3. The molecule has 7 heteroatoms. The van der Waals surface area contributed by atoms with Crippen molar-refractivity contribution in [1.82, 2.24) is 19.8 Å². The summed E-state index contributed by atoms with van der Waals surface area (Å²) in [6.45, 7) is 4.79. The molecule has 1 amide bonds. The number of benzene rings is 4. The molecule has 0 spiro atoms. The van der Waals surface area contributed by atoms with Gasteiger partial charge < -0.3 is 20.1 Å². The first-order valence-corrected chi connectivity index (χ1v) is 15.3. The molecule has 1 aliphatic rings. The molecule has 6 aromatic rings. The van der Waals surface area contributed by atoms with Crippen molar-refractivity contribution in [2.24, 2.45) is 0 Å². The van der Waals surface area contributed by atoms with Crippen LogP contribution in [0.2, 0.25) is 0 Å². The summed E-state index contributed by atoms with van der Waals surface area (Å²) < 4.78 is 2.33. The van der Waals surface area contributed by atoms with E-state index < -0.39 is 0 Å². The van der Waals surface area contributed by atoms with E-state index in [0.717, 1.165) is 44.8 Å². The second kappa shape index (κ2) is 11.6. The van der Waals surface area contributed by atoms with E-state index >= 15 is 0 Å². The van der Waals surface area contributed by atoms with Crippen molar-refractivity contribution in [3.8, 4) is 5.69 Å². The minimum absolute atomic E-state index is 0.0505. The van der Waals surface area contributed by atoms with Crippen molar-refractivity contribution in [2.75, 3.05) is 11.9 Å². The van der Waals surface area contributed by atoms with E-state index in [1.807, 2.05) is 54.7 Å². The molecule has 0 saturated carbocycles. The highest BCUT2D eigenvalue weighted by atomic mass is 32.1. The van der Waals surface area contributed by atoms with Gasteiger partial charge in [0.1, 0.15) is 0 Å². The van der Waals surface area contributed by atoms with Crippen LogP contribution in [-0.2, 0) is 4.79 Å². The number of pyridine rings is 1. The zero-order valence-electron chi connectivity index (χ0n) is 24.7. The Bertz CT molecular complexity index is 2010. The number of nitrogens with one attached hydrogen (secondary N) is 2. The molecule has 0 unspecified atom stereocenters. The van der Waals surface area contributed by atoms with Crippen molar-refractivity contribution >= 4 is 50.5 Å². The molecule has 6 nitrogen and oxygen atoms in total. The van der Waals surface area contributed by atoms with Crippen LogP contribution in [0.1, 0.15) is 41.1 Å². The van der Waals surface area contributed by atoms with Gasteiger partial charge in [-0.05, 0) is 72.7 Å². The molecule has 2 atom stereocenters. The second-order valence-electron chi connectivity index (χ2n) is 11.3. The highest BCUT2D eigenvalue weighted by molar-refractivity contribution is 7.80. The molecule has 1 saturated heterocycles. The third-order valence-corrected chi connectivity index (χ3v) is 8.99. The SMILES string of the molecule is Cc1cc([C@H]2[C@@H](c3ccccn3)NC(=S)N2CCC(=O)Nc2cccc3ccccc23)c(C)n1-c1cccc2ccccc12. The predicted octanol–water partition coefficient (Wildman–Crippen LogP) is 7.80. The standard InChI is InChI=1S/C37H33N5OS/c1-24-23-30(25(2)42(24)33-19-10-14-27-12-4-6-16-29(27)33)36-35(32-17-7-8-21-38-32)40-37(44)41(36)22-20-34(43)39-31-18-9-13-26-11-3-5-15-28(26)31/h3-19,21,23,35-36H,20,22H2,1-2H3,(H,39,43)(H,40,44)/t35-,36+/m1/s1. The fraction of sp³-hybridized carbons (Fsp3) is 0.162. The number of rotatable bonds is 7. The van der Waals surface area contributed by atoms with Crippen molar-refractivity contribution in [2.45, 2.75) is 32.4 Å². The fourth-order valence-corrected chi connectivity index (χ4v) is 6.95. The quantitative estimate of drug-likeness (QED) is 0.185. The molecule has 44 heavy (non-hydrogen) atoms. The van der Waals surface area contributed by atoms with E-state index in [9.17, 15) is 4.79 Å². The van der Waals surface area contributed by atoms with Crippen molar-refractivity contribution < 1.29 is 4.79 Å². The Labute approximate surface area is 262 Å². The maximum atomic E-state index is 13.3. The summed E-state index contributed by atoms with van der Waals surface area (Å²) in [6.07, 6.45) is 2.11. The molecular formula is C37H33N5OS. The third-order valence-electron chi connectivity index (χ3n) is 8.64. The number of nitrogens with zero attached hydrogens (tertiary/aromatic N) is 3. The molecule has 0 radical (unpaired) electrons. The molecule has 2 N–H and O–H groups in total. The Hall–Kier alpha value is -5.01. The average molecular weight is 596 g/mol. The zero-order valence-corrected chi connectivity index (χ0v) is 25.5. The van der Waals surface area contributed by atoms with E-state index in [2.05, 4.69) is 94.6 Å². The van der Waals surface area contributed by atoms with Gasteiger partial charge in [-0.1, -0.05) is 78.9 Å². The van der Waals surface area contributed by atoms with Crippen molar-refractivity contribution in [3.05, 3.63) is 138 Å². The molecule has 7 rings (SSSR count). The summed E-state index contributed by atoms with van der Waals surface area (Å²) in [5, 5.41) is 11.8. The van der Waals surface area contributed by atoms with Gasteiger partial charge in [-0.15, -0.1) is 0 Å². The van der Waals surface area contributed by atoms with Gasteiger partial charge >= 0.3 is 0 Å². The van der Waals surface area contributed by atoms with E-state index in [0.29, 0.717) is 18.1 Å². The van der Waals surface area contributed by atoms with Gasteiger partial charge in [0.15, 0.2) is 5.11 Å². The molecule has 1 fully saturated rings. The smallest absolute Gasteiger partial charge is 0.226 e. The normalized spacial score (nSPS) is 16.4. The van der Waals surface area contributed by atoms with E-state index in [-0.39, 0.29) is 18.0 Å². The summed E-state index contributed by atoms with van der Waals surface area (Å²) in [6, 6.07) is 36.9. The zero-order chi connectivity index (χ0) is 30.2. The van der Waals surface area contributed by atoms with Crippen LogP contribution in [-0.4, -0.2) is 32.0 Å². The summed E-state index contributed by atoms with van der Waals surface area (Å²) in [5.41, 5.74) is 6.32. The Kier molecular flexibility index (Phi) is 7.32. The first kappa shape index (κ1) is 27.8. The minimum Gasteiger partial charge on any atom is -0.352 e. The third kappa shape index (κ3) is 4.99. The maximum Gasteiger partial charge on any atom is 0.226 e. The summed E-state index contributed by atoms with van der Waals surface area (Å²) in [7, 11) is 0. The van der Waals surface area contributed by atoms with Gasteiger partial charge in [-0.2, -0.15) is 0 Å². The van der Waals surface area contributed by atoms with Gasteiger partial charge in [0, 0.05) is 47.0 Å². The number of aromatic nitrogens is 2. The topological polar surface area (TPSA) is 62.2 Å². The Morgan fingerprint density at radius 2 is 1.55 bits per heavy atom. The highest BCUT2D eigenvalue weighted by Gasteiger charge is 2.41. The Balaban J connectivity index is 1.23. The Morgan fingerprint density at radius 1 is 0.864 bits per heavy atom. The first-order valence-electron chi connectivity index (χ1n) is 14.9. The van der Waals surface area contributed by atoms with E-state index in [1.54, 1.807) is 0 Å². The highest BCUT2D eigenvalue weighted by Crippen LogP contribution is 2.42. The number of fused-ring (bicyclic) bond motifs is 2. The lowest BCUT2D eigenvalue weighted by Crippen LogP contribution is -2.33.